The Kier molecular flexibility index (Phi) is 19.2. The summed E-state index contributed by atoms with van der Waals surface area (Å²) in [5.74, 6) is -2.33. The van der Waals surface area contributed by atoms with E-state index < -0.39 is 238 Å². The van der Waals surface area contributed by atoms with E-state index in [4.69, 9.17) is 47.4 Å². The zero-order chi connectivity index (χ0) is 62.9. The van der Waals surface area contributed by atoms with Crippen LogP contribution in [0.15, 0.2) is 11.6 Å². The number of carbonyl (C=O) groups is 1. The van der Waals surface area contributed by atoms with Gasteiger partial charge in [0, 0.05) is 5.92 Å². The number of ether oxygens (including phenoxy) is 10. The molecule has 0 aromatic carbocycles. The summed E-state index contributed by atoms with van der Waals surface area (Å²) in [6.07, 6.45) is -36.7. The topological polar surface area (TPSA) is 453 Å². The highest BCUT2D eigenvalue weighted by Gasteiger charge is 2.74. The highest BCUT2D eigenvalue weighted by Crippen LogP contribution is 2.76. The molecule has 0 radical (unpaired) electrons. The third-order valence-electron chi connectivity index (χ3n) is 22.7. The summed E-state index contributed by atoms with van der Waals surface area (Å²) in [7, 11) is 0. The van der Waals surface area contributed by atoms with Crippen LogP contribution >= 0.6 is 0 Å². The number of rotatable bonds is 13. The molecule has 0 spiro atoms. The molecule has 5 saturated heterocycles. The normalized spacial score (nSPS) is 54.5. The van der Waals surface area contributed by atoms with Crippen molar-refractivity contribution >= 4 is 5.97 Å². The van der Waals surface area contributed by atoms with Crippen molar-refractivity contribution in [1.29, 1.82) is 0 Å². The van der Waals surface area contributed by atoms with Crippen LogP contribution in [0.2, 0.25) is 0 Å². The quantitative estimate of drug-likeness (QED) is 0.0466. The van der Waals surface area contributed by atoms with E-state index in [1.54, 1.807) is 0 Å². The third-order valence-corrected chi connectivity index (χ3v) is 22.7. The molecule has 10 rings (SSSR count). The second-order valence-corrected chi connectivity index (χ2v) is 28.2. The average molecular weight is 1240 g/mol. The first-order valence-electron chi connectivity index (χ1n) is 30.4. The molecular weight excluding hydrogens is 1140 g/mol. The van der Waals surface area contributed by atoms with Crippen molar-refractivity contribution < 1.29 is 139 Å². The van der Waals surface area contributed by atoms with Crippen molar-refractivity contribution in [3.05, 3.63) is 11.6 Å². The molecule has 0 aromatic heterocycles. The number of fused-ring (bicyclic) bond motifs is 7. The molecule has 5 heterocycles. The molecule has 9 fully saturated rings. The van der Waals surface area contributed by atoms with Gasteiger partial charge in [0.1, 0.15) is 91.6 Å². The largest absolute Gasteiger partial charge is 0.432 e. The Balaban J connectivity index is 0.859. The van der Waals surface area contributed by atoms with E-state index in [-0.39, 0.29) is 24.2 Å². The van der Waals surface area contributed by atoms with E-state index in [0.717, 1.165) is 5.57 Å². The molecule has 5 aliphatic heterocycles. The maximum atomic E-state index is 15.4. The van der Waals surface area contributed by atoms with Gasteiger partial charge in [0.15, 0.2) is 31.3 Å². The molecule has 33 atom stereocenters. The highest BCUT2D eigenvalue weighted by atomic mass is 16.8. The van der Waals surface area contributed by atoms with Gasteiger partial charge in [-0.1, -0.05) is 46.3 Å². The summed E-state index contributed by atoms with van der Waals surface area (Å²) < 4.78 is 58.9. The molecule has 0 aromatic rings. The van der Waals surface area contributed by atoms with Crippen molar-refractivity contribution in [3.8, 4) is 0 Å². The van der Waals surface area contributed by atoms with Gasteiger partial charge in [-0.3, -0.25) is 4.79 Å². The molecule has 28 nitrogen and oxygen atoms in total. The van der Waals surface area contributed by atoms with E-state index in [0.29, 0.717) is 38.5 Å². The van der Waals surface area contributed by atoms with E-state index in [9.17, 15) is 86.8 Å². The molecule has 0 unspecified atom stereocenters. The lowest BCUT2D eigenvalue weighted by Gasteiger charge is -2.72. The van der Waals surface area contributed by atoms with Gasteiger partial charge in [0.25, 0.3) is 0 Å². The standard InChI is InChI=1S/C58H94O28/c1-22-32(66)35(69)38(72)48(79-22)83-43-29(65)19-77-47(41(43)75)82-42-23(2)80-49(40(74)37(42)71)84-44-33(67)28(64)18-78-51(44)86-52(76)57-12-10-53(3,4)14-25(57)24-8-9-31-54(5)15-27(63)46(85-50-39(73)36(70)34(68)30(17-59)81-50)58(20-60,21-61)45(54)26(62)16-56(31,7)55(24,6)11-13-57/h8,22-23,25-51,59-75H,9-21H2,1-7H3/t22-,23-,25-,26+,27+,28-,29+,30+,31+,32-,33-,34+,35+,36-,37-,38+,39+,40+,41+,42-,43-,44+,45+,46+,47+,48-,49-,50-,51-,54+,55+,56+,57-/m0/s1. The lowest BCUT2D eigenvalue weighted by Crippen LogP contribution is -2.73. The minimum Gasteiger partial charge on any atom is -0.432 e. The number of aliphatic hydroxyl groups is 17. The minimum absolute atomic E-state index is 0.00234. The van der Waals surface area contributed by atoms with Gasteiger partial charge < -0.3 is 134 Å². The van der Waals surface area contributed by atoms with Gasteiger partial charge in [0.05, 0.1) is 74.4 Å². The van der Waals surface area contributed by atoms with Gasteiger partial charge in [0.2, 0.25) is 6.29 Å². The fourth-order valence-corrected chi connectivity index (χ4v) is 17.7. The van der Waals surface area contributed by atoms with Gasteiger partial charge in [-0.25, -0.2) is 0 Å². The molecule has 494 valence electrons. The lowest BCUT2D eigenvalue weighted by atomic mass is 9.32. The Bertz CT molecular complexity index is 2400. The smallest absolute Gasteiger partial charge is 0.315 e. The maximum absolute atomic E-state index is 15.4. The fraction of sp³-hybridized carbons (Fsp3) is 0.948. The van der Waals surface area contributed by atoms with Crippen LogP contribution in [-0.2, 0) is 52.2 Å². The Morgan fingerprint density at radius 2 is 1.10 bits per heavy atom. The zero-order valence-corrected chi connectivity index (χ0v) is 49.6. The predicted octanol–water partition coefficient (Wildman–Crippen LogP) is -4.99. The highest BCUT2D eigenvalue weighted by molar-refractivity contribution is 5.79. The molecule has 0 amide bonds. The van der Waals surface area contributed by atoms with Crippen LogP contribution in [0.5, 0.6) is 0 Å². The first-order chi connectivity index (χ1) is 40.3. The van der Waals surface area contributed by atoms with Gasteiger partial charge in [-0.15, -0.1) is 0 Å². The Morgan fingerprint density at radius 3 is 1.76 bits per heavy atom. The predicted molar refractivity (Wildman–Crippen MR) is 286 cm³/mol. The van der Waals surface area contributed by atoms with Crippen molar-refractivity contribution in [1.82, 2.24) is 0 Å². The summed E-state index contributed by atoms with van der Waals surface area (Å²) in [6.45, 7) is 10.0. The van der Waals surface area contributed by atoms with Crippen molar-refractivity contribution in [2.75, 3.05) is 33.0 Å². The zero-order valence-electron chi connectivity index (χ0n) is 49.6. The first kappa shape index (κ1) is 67.1. The van der Waals surface area contributed by atoms with E-state index in [1.165, 1.54) is 13.8 Å². The molecule has 0 bridgehead atoms. The second kappa shape index (κ2) is 24.6. The summed E-state index contributed by atoms with van der Waals surface area (Å²) in [4.78, 5) is 15.4. The third kappa shape index (κ3) is 10.9. The van der Waals surface area contributed by atoms with E-state index in [1.807, 2.05) is 6.92 Å². The molecular formula is C58H94O28. The van der Waals surface area contributed by atoms with Crippen LogP contribution < -0.4 is 0 Å². The average Bonchev–Trinajstić information content (AvgIpc) is 0.675. The summed E-state index contributed by atoms with van der Waals surface area (Å²) >= 11 is 0. The first-order valence-corrected chi connectivity index (χ1v) is 30.4. The molecule has 10 aliphatic rings. The SMILES string of the molecule is C[C@@H]1O[C@@H](O[C@@H]2[C@@H](O)[C@@H](O[C@@H]3[C@@H](O)[C@@H](O)[C@H](O[C@H]4[C@H](OC(=O)[C@]56CCC(C)(C)C[C@H]5C5=CC[C@@H]7[C@@]8(C)C[C@@H](O)[C@@H](O[C@@H]9O[C@H](CO)[C@@H](O)[C@H](O)[C@H]9O)C(CO)(CO)[C@@H]8[C@H](O)C[C@@]7(C)[C@]5(C)CC6)OC[C@H](O)[C@@H]4O)O[C@H]3C)OC[C@H]2O)[C@H](O)[C@H](O)[C@H]1O. The number of carbonyl (C=O) groups excluding carboxylic acids is 1. The lowest BCUT2D eigenvalue weighted by molar-refractivity contribution is -0.377. The van der Waals surface area contributed by atoms with Gasteiger partial charge in [-0.2, -0.15) is 0 Å². The van der Waals surface area contributed by atoms with Crippen LogP contribution in [0.4, 0.5) is 0 Å². The minimum atomic E-state index is -1.97. The number of esters is 1. The number of hydrogen-bond acceptors (Lipinski definition) is 28. The maximum Gasteiger partial charge on any atom is 0.315 e. The summed E-state index contributed by atoms with van der Waals surface area (Å²) in [6, 6.07) is 0. The number of aliphatic hydroxyl groups excluding tert-OH is 17. The Hall–Kier alpha value is -1.83. The van der Waals surface area contributed by atoms with E-state index in [2.05, 4.69) is 33.8 Å². The second-order valence-electron chi connectivity index (χ2n) is 28.2. The van der Waals surface area contributed by atoms with Crippen molar-refractivity contribution in [2.45, 2.75) is 259 Å². The summed E-state index contributed by atoms with van der Waals surface area (Å²) in [5.41, 5.74) is -4.67. The molecule has 86 heavy (non-hydrogen) atoms. The van der Waals surface area contributed by atoms with Gasteiger partial charge in [-0.05, 0) is 98.7 Å². The van der Waals surface area contributed by atoms with Crippen LogP contribution in [0.25, 0.3) is 0 Å². The fourth-order valence-electron chi connectivity index (χ4n) is 17.7. The van der Waals surface area contributed by atoms with Crippen LogP contribution in [0.1, 0.15) is 99.8 Å². The van der Waals surface area contributed by atoms with Crippen LogP contribution in [0, 0.1) is 50.2 Å². The number of hydrogen-bond donors (Lipinski definition) is 17. The van der Waals surface area contributed by atoms with Crippen LogP contribution in [-0.4, -0.2) is 285 Å². The Labute approximate surface area is 498 Å². The molecule has 4 saturated carbocycles. The van der Waals surface area contributed by atoms with Gasteiger partial charge >= 0.3 is 5.97 Å². The molecule has 28 heteroatoms. The monoisotopic (exact) mass is 1240 g/mol. The van der Waals surface area contributed by atoms with Crippen molar-refractivity contribution in [2.24, 2.45) is 50.2 Å². The summed E-state index contributed by atoms with van der Waals surface area (Å²) in [5, 5.41) is 188. The Morgan fingerprint density at radius 1 is 0.535 bits per heavy atom. The number of allylic oxidation sites excluding steroid dienone is 2. The molecule has 5 aliphatic carbocycles. The van der Waals surface area contributed by atoms with Crippen molar-refractivity contribution in [3.63, 3.8) is 0 Å². The van der Waals surface area contributed by atoms with E-state index >= 15 is 4.79 Å². The van der Waals surface area contributed by atoms with Crippen LogP contribution in [0.3, 0.4) is 0 Å². The molecule has 17 N–H and O–H groups in total.